The van der Waals surface area contributed by atoms with Gasteiger partial charge in [-0.2, -0.15) is 5.10 Å². The van der Waals surface area contributed by atoms with Gasteiger partial charge in [-0.3, -0.25) is 4.79 Å². The van der Waals surface area contributed by atoms with Crippen LogP contribution in [0.5, 0.6) is 11.5 Å². The number of hydrazone groups is 1. The molecule has 0 aliphatic rings. The van der Waals surface area contributed by atoms with Crippen LogP contribution in [0.4, 0.5) is 0 Å². The molecule has 3 aromatic rings. The highest BCUT2D eigenvalue weighted by molar-refractivity contribution is 14.1. The lowest BCUT2D eigenvalue weighted by atomic mass is 10.2. The summed E-state index contributed by atoms with van der Waals surface area (Å²) in [5.74, 6) is 0.994. The molecule has 0 aromatic heterocycles. The average Bonchev–Trinajstić information content (AvgIpc) is 2.74. The van der Waals surface area contributed by atoms with Crippen LogP contribution >= 0.6 is 68.4 Å². The monoisotopic (exact) mass is 680 g/mol. The Kier molecular flexibility index (Phi) is 9.24. The summed E-state index contributed by atoms with van der Waals surface area (Å²) in [5, 5.41) is 5.29. The molecule has 0 aliphatic carbocycles. The lowest BCUT2D eigenvalue weighted by molar-refractivity contribution is -0.123. The van der Waals surface area contributed by atoms with Crippen molar-refractivity contribution < 1.29 is 14.3 Å². The van der Waals surface area contributed by atoms with Crippen molar-refractivity contribution in [3.63, 3.8) is 0 Å². The van der Waals surface area contributed by atoms with E-state index in [1.165, 1.54) is 0 Å². The first-order valence-corrected chi connectivity index (χ1v) is 11.9. The van der Waals surface area contributed by atoms with Crippen molar-refractivity contribution in [3.8, 4) is 11.5 Å². The number of nitrogens with one attached hydrogen (secondary N) is 1. The molecule has 0 aliphatic heterocycles. The number of nitrogens with zero attached hydrogens (tertiary/aromatic N) is 1. The first kappa shape index (κ1) is 24.1. The zero-order valence-electron chi connectivity index (χ0n) is 15.9. The molecule has 0 fully saturated rings. The van der Waals surface area contributed by atoms with E-state index in [4.69, 9.17) is 32.7 Å². The predicted octanol–water partition coefficient (Wildman–Crippen LogP) is 6.31. The first-order valence-electron chi connectivity index (χ1n) is 8.97. The second-order valence-corrected chi connectivity index (χ2v) is 9.46. The van der Waals surface area contributed by atoms with E-state index in [0.29, 0.717) is 22.4 Å². The van der Waals surface area contributed by atoms with Crippen LogP contribution < -0.4 is 14.9 Å². The SMILES string of the molecule is O=C(COc1ccc(Cl)cc1)N/N=C\c1cc(I)c(OCc2ccc(Cl)cc2)c(I)c1. The molecule has 0 heterocycles. The predicted molar refractivity (Wildman–Crippen MR) is 140 cm³/mol. The number of ether oxygens (including phenoxy) is 2. The van der Waals surface area contributed by atoms with Gasteiger partial charge >= 0.3 is 0 Å². The molecule has 9 heteroatoms. The van der Waals surface area contributed by atoms with Crippen LogP contribution in [0.1, 0.15) is 11.1 Å². The van der Waals surface area contributed by atoms with Crippen molar-refractivity contribution in [3.05, 3.63) is 89.0 Å². The minimum Gasteiger partial charge on any atom is -0.487 e. The fraction of sp³-hybridized carbons (Fsp3) is 0.0909. The smallest absolute Gasteiger partial charge is 0.277 e. The van der Waals surface area contributed by atoms with Gasteiger partial charge in [0.15, 0.2) is 6.61 Å². The first-order chi connectivity index (χ1) is 14.9. The van der Waals surface area contributed by atoms with Crippen LogP contribution in [0.3, 0.4) is 0 Å². The summed E-state index contributed by atoms with van der Waals surface area (Å²) in [6, 6.07) is 18.2. The maximum atomic E-state index is 11.9. The maximum absolute atomic E-state index is 11.9. The highest BCUT2D eigenvalue weighted by Gasteiger charge is 2.09. The summed E-state index contributed by atoms with van der Waals surface area (Å²) < 4.78 is 13.2. The standard InChI is InChI=1S/C22H16Cl2I2N2O3/c23-16-3-1-14(2-4-16)12-31-22-19(25)9-15(10-20(22)26)11-27-28-21(29)13-30-18-7-5-17(24)6-8-18/h1-11H,12-13H2,(H,28,29)/b27-11-. The molecular weight excluding hydrogens is 665 g/mol. The molecule has 3 rings (SSSR count). The molecule has 5 nitrogen and oxygen atoms in total. The molecule has 0 saturated carbocycles. The second-order valence-electron chi connectivity index (χ2n) is 6.26. The fourth-order valence-corrected chi connectivity index (χ4v) is 4.80. The number of rotatable bonds is 8. The number of carbonyl (C=O) groups excluding carboxylic acids is 1. The molecular formula is C22H16Cl2I2N2O3. The number of carbonyl (C=O) groups is 1. The third-order valence-electron chi connectivity index (χ3n) is 3.90. The van der Waals surface area contributed by atoms with Gasteiger partial charge in [0.05, 0.1) is 13.4 Å². The van der Waals surface area contributed by atoms with Crippen molar-refractivity contribution in [2.75, 3.05) is 6.61 Å². The van der Waals surface area contributed by atoms with Crippen LogP contribution in [0.25, 0.3) is 0 Å². The zero-order valence-corrected chi connectivity index (χ0v) is 21.8. The second kappa shape index (κ2) is 11.9. The van der Waals surface area contributed by atoms with Gasteiger partial charge in [-0.05, 0) is 105 Å². The molecule has 0 radical (unpaired) electrons. The molecule has 1 amide bonds. The van der Waals surface area contributed by atoms with Crippen molar-refractivity contribution in [1.29, 1.82) is 0 Å². The third-order valence-corrected chi connectivity index (χ3v) is 6.01. The molecule has 0 saturated heterocycles. The number of amides is 1. The lowest BCUT2D eigenvalue weighted by Crippen LogP contribution is -2.24. The Morgan fingerprint density at radius 1 is 0.935 bits per heavy atom. The highest BCUT2D eigenvalue weighted by Crippen LogP contribution is 2.29. The van der Waals surface area contributed by atoms with E-state index in [0.717, 1.165) is 24.0 Å². The quantitative estimate of drug-likeness (QED) is 0.172. The molecule has 1 N–H and O–H groups in total. The summed E-state index contributed by atoms with van der Waals surface area (Å²) in [6.07, 6.45) is 1.58. The fourth-order valence-electron chi connectivity index (χ4n) is 2.42. The van der Waals surface area contributed by atoms with Crippen LogP contribution in [0, 0.1) is 7.14 Å². The van der Waals surface area contributed by atoms with Gasteiger partial charge in [0, 0.05) is 10.0 Å². The molecule has 0 spiro atoms. The molecule has 0 unspecified atom stereocenters. The minimum atomic E-state index is -0.362. The number of hydrogen-bond acceptors (Lipinski definition) is 4. The van der Waals surface area contributed by atoms with E-state index < -0.39 is 0 Å². The van der Waals surface area contributed by atoms with Gasteiger partial charge in [0.25, 0.3) is 5.91 Å². The third kappa shape index (κ3) is 7.81. The summed E-state index contributed by atoms with van der Waals surface area (Å²) >= 11 is 16.2. The molecule has 160 valence electrons. The minimum absolute atomic E-state index is 0.147. The molecule has 0 atom stereocenters. The Morgan fingerprint density at radius 2 is 1.52 bits per heavy atom. The van der Waals surface area contributed by atoms with Crippen molar-refractivity contribution in [1.82, 2.24) is 5.43 Å². The van der Waals surface area contributed by atoms with Crippen molar-refractivity contribution >= 4 is 80.5 Å². The van der Waals surface area contributed by atoms with E-state index in [1.54, 1.807) is 30.5 Å². The molecule has 31 heavy (non-hydrogen) atoms. The van der Waals surface area contributed by atoms with Crippen molar-refractivity contribution in [2.24, 2.45) is 5.10 Å². The van der Waals surface area contributed by atoms with Gasteiger partial charge in [-0.25, -0.2) is 5.43 Å². The zero-order chi connectivity index (χ0) is 22.2. The Bertz CT molecular complexity index is 1050. The van der Waals surface area contributed by atoms with Crippen LogP contribution in [-0.4, -0.2) is 18.7 Å². The average molecular weight is 681 g/mol. The largest absolute Gasteiger partial charge is 0.487 e. The van der Waals surface area contributed by atoms with E-state index in [-0.39, 0.29) is 12.5 Å². The van der Waals surface area contributed by atoms with Crippen LogP contribution in [-0.2, 0) is 11.4 Å². The van der Waals surface area contributed by atoms with Gasteiger partial charge < -0.3 is 9.47 Å². The molecule has 3 aromatic carbocycles. The summed E-state index contributed by atoms with van der Waals surface area (Å²) in [4.78, 5) is 11.9. The number of hydrogen-bond donors (Lipinski definition) is 1. The lowest BCUT2D eigenvalue weighted by Gasteiger charge is -2.11. The van der Waals surface area contributed by atoms with Crippen molar-refractivity contribution in [2.45, 2.75) is 6.61 Å². The van der Waals surface area contributed by atoms with E-state index in [2.05, 4.69) is 55.7 Å². The topological polar surface area (TPSA) is 59.9 Å². The Morgan fingerprint density at radius 3 is 2.13 bits per heavy atom. The number of halogens is 4. The Labute approximate surface area is 217 Å². The van der Waals surface area contributed by atoms with E-state index in [1.807, 2.05) is 36.4 Å². The van der Waals surface area contributed by atoms with Gasteiger partial charge in [-0.1, -0.05) is 35.3 Å². The summed E-state index contributed by atoms with van der Waals surface area (Å²) in [6.45, 7) is 0.297. The molecule has 0 bridgehead atoms. The maximum Gasteiger partial charge on any atom is 0.277 e. The van der Waals surface area contributed by atoms with E-state index in [9.17, 15) is 4.79 Å². The van der Waals surface area contributed by atoms with Gasteiger partial charge in [0.2, 0.25) is 0 Å². The summed E-state index contributed by atoms with van der Waals surface area (Å²) in [5.41, 5.74) is 4.32. The Hall–Kier alpha value is -1.56. The van der Waals surface area contributed by atoms with Crippen LogP contribution in [0.2, 0.25) is 10.0 Å². The Balaban J connectivity index is 1.52. The van der Waals surface area contributed by atoms with E-state index >= 15 is 0 Å². The highest BCUT2D eigenvalue weighted by atomic mass is 127. The summed E-state index contributed by atoms with van der Waals surface area (Å²) in [7, 11) is 0. The number of benzene rings is 3. The van der Waals surface area contributed by atoms with Gasteiger partial charge in [-0.15, -0.1) is 0 Å². The normalized spacial score (nSPS) is 10.8. The van der Waals surface area contributed by atoms with Crippen LogP contribution in [0.15, 0.2) is 65.8 Å². The van der Waals surface area contributed by atoms with Gasteiger partial charge in [0.1, 0.15) is 18.1 Å².